The van der Waals surface area contributed by atoms with Gasteiger partial charge >= 0.3 is 17.1 Å². The molecule has 154 valence electrons. The van der Waals surface area contributed by atoms with Gasteiger partial charge in [-0.3, -0.25) is 10.2 Å². The molecule has 0 saturated heterocycles. The maximum absolute atomic E-state index is 13.2. The fourth-order valence-electron chi connectivity index (χ4n) is 3.11. The minimum Gasteiger partial charge on any atom is -0.267 e. The molecule has 0 bridgehead atoms. The van der Waals surface area contributed by atoms with E-state index in [9.17, 15) is 19.2 Å². The smallest absolute Gasteiger partial charge is 0.267 e. The first kappa shape index (κ1) is 19.8. The summed E-state index contributed by atoms with van der Waals surface area (Å²) in [4.78, 5) is 52.1. The molecule has 4 aromatic rings. The Morgan fingerprint density at radius 3 is 1.55 bits per heavy atom. The normalized spacial score (nSPS) is 10.6. The summed E-state index contributed by atoms with van der Waals surface area (Å²) in [5, 5.41) is 0. The molecular formula is C23H18N4O4. The second-order valence-electron chi connectivity index (χ2n) is 6.83. The number of carbonyl (C=O) groups is 1. The van der Waals surface area contributed by atoms with Crippen LogP contribution in [0, 0.1) is 6.92 Å². The highest BCUT2D eigenvalue weighted by Crippen LogP contribution is 2.05. The number of carbonyl (C=O) groups excluding carboxylic acids is 1. The van der Waals surface area contributed by atoms with Gasteiger partial charge in [-0.1, -0.05) is 54.1 Å². The molecule has 0 unspecified atom stereocenters. The van der Waals surface area contributed by atoms with Crippen LogP contribution in [0.3, 0.4) is 0 Å². The number of amides is 1. The van der Waals surface area contributed by atoms with Crippen molar-refractivity contribution in [3.8, 4) is 11.4 Å². The molecule has 4 rings (SSSR count). The van der Waals surface area contributed by atoms with Gasteiger partial charge in [-0.15, -0.1) is 4.68 Å². The van der Waals surface area contributed by atoms with Crippen LogP contribution >= 0.6 is 0 Å². The molecule has 1 amide bonds. The van der Waals surface area contributed by atoms with Crippen LogP contribution in [0.5, 0.6) is 0 Å². The minimum atomic E-state index is -0.978. The Morgan fingerprint density at radius 1 is 0.645 bits per heavy atom. The molecule has 0 aliphatic heterocycles. The molecule has 8 heteroatoms. The summed E-state index contributed by atoms with van der Waals surface area (Å²) >= 11 is 0. The van der Waals surface area contributed by atoms with E-state index in [1.807, 2.05) is 6.92 Å². The zero-order valence-corrected chi connectivity index (χ0v) is 16.6. The van der Waals surface area contributed by atoms with Crippen molar-refractivity contribution in [1.29, 1.82) is 0 Å². The fourth-order valence-corrected chi connectivity index (χ4v) is 3.11. The zero-order chi connectivity index (χ0) is 22.0. The molecule has 31 heavy (non-hydrogen) atoms. The van der Waals surface area contributed by atoms with E-state index in [1.165, 1.54) is 0 Å². The molecule has 3 aromatic carbocycles. The van der Waals surface area contributed by atoms with Gasteiger partial charge in [0, 0.05) is 5.56 Å². The van der Waals surface area contributed by atoms with Crippen molar-refractivity contribution in [3.05, 3.63) is 128 Å². The van der Waals surface area contributed by atoms with E-state index in [2.05, 4.69) is 5.43 Å². The van der Waals surface area contributed by atoms with Crippen molar-refractivity contribution in [2.45, 2.75) is 6.92 Å². The SMILES string of the molecule is Cc1ccc(C(=O)Nn2c(=O)n(-c3ccccc3)c(=O)n(-c3ccccc3)c2=O)cc1. The highest BCUT2D eigenvalue weighted by Gasteiger charge is 2.19. The average molecular weight is 414 g/mol. The van der Waals surface area contributed by atoms with Gasteiger partial charge in [0.1, 0.15) is 0 Å². The Kier molecular flexibility index (Phi) is 5.19. The van der Waals surface area contributed by atoms with E-state index < -0.39 is 23.0 Å². The number of hydrogen-bond donors (Lipinski definition) is 1. The molecule has 0 atom stereocenters. The summed E-state index contributed by atoms with van der Waals surface area (Å²) in [6, 6.07) is 23.0. The molecule has 1 aromatic heterocycles. The first-order valence-electron chi connectivity index (χ1n) is 9.47. The molecular weight excluding hydrogens is 396 g/mol. The Balaban J connectivity index is 1.95. The number of hydrogen-bond acceptors (Lipinski definition) is 4. The van der Waals surface area contributed by atoms with Crippen molar-refractivity contribution in [3.63, 3.8) is 0 Å². The van der Waals surface area contributed by atoms with Gasteiger partial charge in [-0.05, 0) is 43.3 Å². The highest BCUT2D eigenvalue weighted by molar-refractivity contribution is 5.99. The maximum atomic E-state index is 13.2. The highest BCUT2D eigenvalue weighted by atomic mass is 16.2. The van der Waals surface area contributed by atoms with E-state index in [-0.39, 0.29) is 16.9 Å². The third kappa shape index (κ3) is 3.74. The number of aromatic nitrogens is 3. The summed E-state index contributed by atoms with van der Waals surface area (Å²) in [7, 11) is 0. The summed E-state index contributed by atoms with van der Waals surface area (Å²) in [5.41, 5.74) is 1.29. The lowest BCUT2D eigenvalue weighted by molar-refractivity contribution is 0.100. The van der Waals surface area contributed by atoms with Gasteiger partial charge in [-0.25, -0.2) is 23.5 Å². The van der Waals surface area contributed by atoms with Crippen molar-refractivity contribution in [2.75, 3.05) is 5.43 Å². The molecule has 0 aliphatic carbocycles. The largest absolute Gasteiger partial charge is 0.360 e. The first-order chi connectivity index (χ1) is 15.0. The van der Waals surface area contributed by atoms with Crippen LogP contribution in [0.15, 0.2) is 99.3 Å². The quantitative estimate of drug-likeness (QED) is 0.551. The number of nitrogens with one attached hydrogen (secondary N) is 1. The second kappa shape index (κ2) is 8.11. The summed E-state index contributed by atoms with van der Waals surface area (Å²) in [6.07, 6.45) is 0. The van der Waals surface area contributed by atoms with Gasteiger partial charge in [-0.2, -0.15) is 0 Å². The van der Waals surface area contributed by atoms with Crippen LogP contribution < -0.4 is 22.5 Å². The lowest BCUT2D eigenvalue weighted by Gasteiger charge is -2.14. The summed E-state index contributed by atoms with van der Waals surface area (Å²) < 4.78 is 2.22. The van der Waals surface area contributed by atoms with E-state index in [0.29, 0.717) is 4.68 Å². The topological polar surface area (TPSA) is 95.1 Å². The number of para-hydroxylation sites is 2. The van der Waals surface area contributed by atoms with Gasteiger partial charge in [0.2, 0.25) is 0 Å². The predicted octanol–water partition coefficient (Wildman–Crippen LogP) is 1.84. The lowest BCUT2D eigenvalue weighted by Crippen LogP contribution is -2.56. The molecule has 8 nitrogen and oxygen atoms in total. The minimum absolute atomic E-state index is 0.264. The van der Waals surface area contributed by atoms with Crippen molar-refractivity contribution in [2.24, 2.45) is 0 Å². The van der Waals surface area contributed by atoms with Crippen LogP contribution in [-0.2, 0) is 0 Å². The van der Waals surface area contributed by atoms with E-state index in [4.69, 9.17) is 0 Å². The van der Waals surface area contributed by atoms with Gasteiger partial charge < -0.3 is 0 Å². The number of benzene rings is 3. The lowest BCUT2D eigenvalue weighted by atomic mass is 10.1. The Labute approximate surface area is 176 Å². The van der Waals surface area contributed by atoms with Crippen molar-refractivity contribution in [1.82, 2.24) is 13.8 Å². The van der Waals surface area contributed by atoms with Gasteiger partial charge in [0.05, 0.1) is 11.4 Å². The number of aryl methyl sites for hydroxylation is 1. The molecule has 0 aliphatic rings. The van der Waals surface area contributed by atoms with Crippen molar-refractivity contribution < 1.29 is 4.79 Å². The standard InChI is InChI=1S/C23H18N4O4/c1-16-12-14-17(15-13-16)20(28)24-27-22(30)25(18-8-4-2-5-9-18)21(29)26(23(27)31)19-10-6-3-7-11-19/h2-15H,1H3,(H,24,28). The molecule has 0 radical (unpaired) electrons. The molecule has 0 spiro atoms. The van der Waals surface area contributed by atoms with E-state index >= 15 is 0 Å². The van der Waals surface area contributed by atoms with Crippen LogP contribution in [0.1, 0.15) is 15.9 Å². The number of rotatable bonds is 4. The van der Waals surface area contributed by atoms with Crippen LogP contribution in [0.25, 0.3) is 11.4 Å². The Bertz CT molecular complexity index is 1340. The van der Waals surface area contributed by atoms with Gasteiger partial charge in [0.25, 0.3) is 5.91 Å². The van der Waals surface area contributed by atoms with Crippen LogP contribution in [-0.4, -0.2) is 19.7 Å². The molecule has 1 heterocycles. The summed E-state index contributed by atoms with van der Waals surface area (Å²) in [6.45, 7) is 1.88. The van der Waals surface area contributed by atoms with Gasteiger partial charge in [0.15, 0.2) is 0 Å². The van der Waals surface area contributed by atoms with Crippen LogP contribution in [0.2, 0.25) is 0 Å². The molecule has 0 fully saturated rings. The maximum Gasteiger partial charge on any atom is 0.360 e. The second-order valence-corrected chi connectivity index (χ2v) is 6.83. The van der Waals surface area contributed by atoms with E-state index in [0.717, 1.165) is 14.7 Å². The molecule has 0 saturated carbocycles. The number of nitrogens with zero attached hydrogens (tertiary/aromatic N) is 3. The Hall–Kier alpha value is -4.46. The summed E-state index contributed by atoms with van der Waals surface area (Å²) in [5.74, 6) is -0.655. The van der Waals surface area contributed by atoms with E-state index in [1.54, 1.807) is 84.9 Å². The zero-order valence-electron chi connectivity index (χ0n) is 16.6. The first-order valence-corrected chi connectivity index (χ1v) is 9.47. The predicted molar refractivity (Wildman–Crippen MR) is 117 cm³/mol. The monoisotopic (exact) mass is 414 g/mol. The Morgan fingerprint density at radius 2 is 1.10 bits per heavy atom. The average Bonchev–Trinajstić information content (AvgIpc) is 2.78. The third-order valence-electron chi connectivity index (χ3n) is 4.70. The fraction of sp³-hybridized carbons (Fsp3) is 0.0435. The third-order valence-corrected chi connectivity index (χ3v) is 4.70. The van der Waals surface area contributed by atoms with Crippen LogP contribution in [0.4, 0.5) is 0 Å². The molecule has 1 N–H and O–H groups in total. The van der Waals surface area contributed by atoms with Crippen molar-refractivity contribution >= 4 is 5.91 Å².